The number of fused-ring (bicyclic) bond motifs is 2. The van der Waals surface area contributed by atoms with Crippen molar-refractivity contribution in [3.05, 3.63) is 64.8 Å². The number of aromatic nitrogens is 1. The first kappa shape index (κ1) is 26.3. The number of rotatable bonds is 2. The summed E-state index contributed by atoms with van der Waals surface area (Å²) in [5, 5.41) is 4.08. The van der Waals surface area contributed by atoms with E-state index in [0.29, 0.717) is 50.8 Å². The smallest absolute Gasteiger partial charge is 0.270 e. The largest absolute Gasteiger partial charge is 0.492 e. The molecule has 0 unspecified atom stereocenters. The van der Waals surface area contributed by atoms with Gasteiger partial charge in [0, 0.05) is 42.6 Å². The molecular weight excluding hydrogens is 478 g/mol. The summed E-state index contributed by atoms with van der Waals surface area (Å²) in [7, 11) is 0. The topological polar surface area (TPSA) is 83.7 Å². The van der Waals surface area contributed by atoms with Crippen molar-refractivity contribution in [1.29, 1.82) is 0 Å². The highest BCUT2D eigenvalue weighted by atomic mass is 16.5. The van der Waals surface area contributed by atoms with Crippen LogP contribution in [0.4, 0.5) is 0 Å². The van der Waals surface area contributed by atoms with Crippen molar-refractivity contribution in [1.82, 2.24) is 15.2 Å². The third-order valence-electron chi connectivity index (χ3n) is 8.18. The first-order valence-electron chi connectivity index (χ1n) is 14.0. The number of para-hydroxylation sites is 1. The summed E-state index contributed by atoms with van der Waals surface area (Å²) in [4.78, 5) is 31.8. The van der Waals surface area contributed by atoms with Gasteiger partial charge in [0.15, 0.2) is 0 Å². The van der Waals surface area contributed by atoms with Gasteiger partial charge in [-0.3, -0.25) is 9.59 Å². The number of likely N-dealkylation sites (tertiary alicyclic amines) is 1. The average Bonchev–Trinajstić information content (AvgIpc) is 3.30. The van der Waals surface area contributed by atoms with Gasteiger partial charge in [0.25, 0.3) is 11.8 Å². The number of H-pyrrole nitrogens is 1. The summed E-state index contributed by atoms with van der Waals surface area (Å²) in [6, 6.07) is 13.8. The van der Waals surface area contributed by atoms with Crippen LogP contribution in [-0.2, 0) is 11.2 Å². The summed E-state index contributed by atoms with van der Waals surface area (Å²) in [5.74, 6) is 0.556. The highest BCUT2D eigenvalue weighted by Gasteiger charge is 2.37. The molecule has 0 radical (unpaired) electrons. The Kier molecular flexibility index (Phi) is 8.03. The van der Waals surface area contributed by atoms with Crippen molar-refractivity contribution < 1.29 is 19.1 Å². The molecule has 1 saturated heterocycles. The summed E-state index contributed by atoms with van der Waals surface area (Å²) in [6.07, 6.45) is 5.59. The molecule has 2 amide bonds. The van der Waals surface area contributed by atoms with Gasteiger partial charge in [0.2, 0.25) is 0 Å². The van der Waals surface area contributed by atoms with Crippen LogP contribution >= 0.6 is 0 Å². The fourth-order valence-electron chi connectivity index (χ4n) is 5.87. The fraction of sp³-hybridized carbons (Fsp3) is 0.484. The van der Waals surface area contributed by atoms with Crippen LogP contribution in [0.2, 0.25) is 0 Å². The van der Waals surface area contributed by atoms with E-state index in [-0.39, 0.29) is 17.2 Å². The van der Waals surface area contributed by atoms with E-state index >= 15 is 0 Å². The molecule has 3 heterocycles. The molecule has 1 aromatic heterocycles. The average molecular weight is 518 g/mol. The van der Waals surface area contributed by atoms with Crippen molar-refractivity contribution in [2.45, 2.75) is 52.4 Å². The number of nitrogens with zero attached hydrogens (tertiary/aromatic N) is 1. The van der Waals surface area contributed by atoms with Crippen LogP contribution in [0.5, 0.6) is 5.75 Å². The summed E-state index contributed by atoms with van der Waals surface area (Å²) < 4.78 is 12.1. The van der Waals surface area contributed by atoms with Gasteiger partial charge >= 0.3 is 0 Å². The normalized spacial score (nSPS) is 18.9. The molecule has 0 aliphatic carbocycles. The Morgan fingerprint density at radius 1 is 1.05 bits per heavy atom. The molecule has 7 nitrogen and oxygen atoms in total. The number of hydrogen-bond donors (Lipinski definition) is 2. The number of piperidine rings is 1. The van der Waals surface area contributed by atoms with Gasteiger partial charge in [-0.2, -0.15) is 0 Å². The molecule has 2 aromatic carbocycles. The van der Waals surface area contributed by atoms with Gasteiger partial charge < -0.3 is 24.7 Å². The van der Waals surface area contributed by atoms with E-state index in [0.717, 1.165) is 60.7 Å². The van der Waals surface area contributed by atoms with Crippen molar-refractivity contribution in [2.24, 2.45) is 5.41 Å². The number of aromatic amines is 1. The Morgan fingerprint density at radius 2 is 1.87 bits per heavy atom. The van der Waals surface area contributed by atoms with Gasteiger partial charge in [-0.05, 0) is 68.9 Å². The standard InChI is InChI=1S/C31H39N3O4/c1-3-23-25-20-22(2)10-11-26(25)33-28(23)30(36)34-16-13-31(14-17-34)12-6-7-18-37-19-15-32-29(35)24-8-4-5-9-27(24)38-21-31/h4-5,8-11,20,33H,3,6-7,12-19,21H2,1-2H3,(H,32,35). The van der Waals surface area contributed by atoms with Gasteiger partial charge in [-0.15, -0.1) is 0 Å². The molecule has 7 heteroatoms. The second-order valence-electron chi connectivity index (χ2n) is 10.8. The van der Waals surface area contributed by atoms with E-state index in [1.54, 1.807) is 6.07 Å². The first-order chi connectivity index (χ1) is 18.5. The minimum absolute atomic E-state index is 0.0460. The molecule has 202 valence electrons. The van der Waals surface area contributed by atoms with Gasteiger partial charge in [-0.1, -0.05) is 37.1 Å². The third kappa shape index (κ3) is 5.58. The maximum absolute atomic E-state index is 13.7. The predicted octanol–water partition coefficient (Wildman–Crippen LogP) is 5.27. The molecule has 1 fully saturated rings. The summed E-state index contributed by atoms with van der Waals surface area (Å²) in [6.45, 7) is 7.79. The van der Waals surface area contributed by atoms with Crippen LogP contribution in [0.15, 0.2) is 42.5 Å². The molecule has 2 aliphatic rings. The molecule has 2 N–H and O–H groups in total. The monoisotopic (exact) mass is 517 g/mol. The molecule has 0 atom stereocenters. The van der Waals surface area contributed by atoms with Crippen molar-refractivity contribution in [2.75, 3.05) is 39.5 Å². The lowest BCUT2D eigenvalue weighted by molar-refractivity contribution is 0.0337. The number of nitrogens with one attached hydrogen (secondary N) is 2. The number of hydrogen-bond acceptors (Lipinski definition) is 4. The van der Waals surface area contributed by atoms with E-state index < -0.39 is 0 Å². The second kappa shape index (κ2) is 11.6. The Morgan fingerprint density at radius 3 is 2.68 bits per heavy atom. The van der Waals surface area contributed by atoms with E-state index in [2.05, 4.69) is 42.3 Å². The van der Waals surface area contributed by atoms with Crippen LogP contribution in [0.1, 0.15) is 71.0 Å². The lowest BCUT2D eigenvalue weighted by Gasteiger charge is -2.42. The Bertz CT molecular complexity index is 1290. The van der Waals surface area contributed by atoms with E-state index in [1.807, 2.05) is 23.1 Å². The maximum atomic E-state index is 13.7. The van der Waals surface area contributed by atoms with Crippen LogP contribution in [0, 0.1) is 12.3 Å². The quantitative estimate of drug-likeness (QED) is 0.485. The van der Waals surface area contributed by atoms with Crippen LogP contribution in [-0.4, -0.2) is 61.2 Å². The number of amides is 2. The first-order valence-corrected chi connectivity index (χ1v) is 14.0. The highest BCUT2D eigenvalue weighted by Crippen LogP contribution is 2.38. The minimum atomic E-state index is -0.143. The number of carbonyl (C=O) groups is 2. The van der Waals surface area contributed by atoms with Crippen LogP contribution in [0.25, 0.3) is 10.9 Å². The zero-order valence-corrected chi connectivity index (χ0v) is 22.6. The molecular formula is C31H39N3O4. The molecule has 2 aliphatic heterocycles. The lowest BCUT2D eigenvalue weighted by atomic mass is 9.75. The van der Waals surface area contributed by atoms with Gasteiger partial charge in [-0.25, -0.2) is 0 Å². The zero-order valence-electron chi connectivity index (χ0n) is 22.6. The van der Waals surface area contributed by atoms with E-state index in [9.17, 15) is 9.59 Å². The maximum Gasteiger partial charge on any atom is 0.270 e. The third-order valence-corrected chi connectivity index (χ3v) is 8.18. The van der Waals surface area contributed by atoms with Crippen LogP contribution in [0.3, 0.4) is 0 Å². The molecule has 1 spiro atoms. The van der Waals surface area contributed by atoms with Crippen molar-refractivity contribution >= 4 is 22.7 Å². The highest BCUT2D eigenvalue weighted by molar-refractivity contribution is 6.01. The van der Waals surface area contributed by atoms with E-state index in [1.165, 1.54) is 5.56 Å². The van der Waals surface area contributed by atoms with Crippen molar-refractivity contribution in [3.63, 3.8) is 0 Å². The van der Waals surface area contributed by atoms with E-state index in [4.69, 9.17) is 9.47 Å². The Labute approximate surface area is 224 Å². The number of carbonyl (C=O) groups excluding carboxylic acids is 2. The van der Waals surface area contributed by atoms with Crippen LogP contribution < -0.4 is 10.1 Å². The molecule has 5 rings (SSSR count). The second-order valence-corrected chi connectivity index (χ2v) is 10.8. The predicted molar refractivity (Wildman–Crippen MR) is 149 cm³/mol. The number of aryl methyl sites for hydroxylation is 2. The zero-order chi connectivity index (χ0) is 26.5. The lowest BCUT2D eigenvalue weighted by Crippen LogP contribution is -2.46. The SMILES string of the molecule is CCc1c(C(=O)N2CCC3(CCCCOCCNC(=O)c4ccccc4OC3)CC2)[nH]c2ccc(C)cc12. The fourth-order valence-corrected chi connectivity index (χ4v) is 5.87. The summed E-state index contributed by atoms with van der Waals surface area (Å²) >= 11 is 0. The van der Waals surface area contributed by atoms with Gasteiger partial charge in [0.05, 0.1) is 18.8 Å². The van der Waals surface area contributed by atoms with Gasteiger partial charge in [0.1, 0.15) is 11.4 Å². The molecule has 3 aromatic rings. The Hall–Kier alpha value is -3.32. The minimum Gasteiger partial charge on any atom is -0.492 e. The molecule has 0 saturated carbocycles. The number of ether oxygens (including phenoxy) is 2. The molecule has 0 bridgehead atoms. The van der Waals surface area contributed by atoms with Crippen molar-refractivity contribution in [3.8, 4) is 5.75 Å². The summed E-state index contributed by atoms with van der Waals surface area (Å²) in [5.41, 5.74) is 4.55. The molecule has 38 heavy (non-hydrogen) atoms. The Balaban J connectivity index is 1.33. The number of benzene rings is 2.